The van der Waals surface area contributed by atoms with Crippen LogP contribution < -0.4 is 11.1 Å². The van der Waals surface area contributed by atoms with Crippen LogP contribution in [0.4, 0.5) is 0 Å². The average molecular weight is 290 g/mol. The number of carbonyl (C=O) groups excluding carboxylic acids is 1. The summed E-state index contributed by atoms with van der Waals surface area (Å²) in [7, 11) is 0. The fourth-order valence-electron chi connectivity index (χ4n) is 3.01. The van der Waals surface area contributed by atoms with Gasteiger partial charge in [0.1, 0.15) is 5.75 Å². The Labute approximate surface area is 126 Å². The molecule has 0 spiro atoms. The van der Waals surface area contributed by atoms with E-state index in [9.17, 15) is 9.90 Å². The van der Waals surface area contributed by atoms with Crippen molar-refractivity contribution >= 4 is 5.91 Å². The molecule has 0 aromatic heterocycles. The summed E-state index contributed by atoms with van der Waals surface area (Å²) in [4.78, 5) is 11.9. The number of hydrogen-bond acceptors (Lipinski definition) is 3. The van der Waals surface area contributed by atoms with Crippen LogP contribution in [0.25, 0.3) is 0 Å². The summed E-state index contributed by atoms with van der Waals surface area (Å²) in [6, 6.07) is 6.29. The molecular formula is C17H26N2O2. The lowest BCUT2D eigenvalue weighted by atomic mass is 10.0. The predicted octanol–water partition coefficient (Wildman–Crippen LogP) is 2.35. The Hall–Kier alpha value is -1.55. The Bertz CT molecular complexity index is 439. The molecule has 4 N–H and O–H groups in total. The molecule has 2 rings (SSSR count). The smallest absolute Gasteiger partial charge is 0.237 e. The molecule has 116 valence electrons. The van der Waals surface area contributed by atoms with Gasteiger partial charge in [-0.15, -0.1) is 0 Å². The molecule has 0 bridgehead atoms. The molecule has 4 heteroatoms. The molecule has 0 saturated heterocycles. The van der Waals surface area contributed by atoms with Gasteiger partial charge >= 0.3 is 0 Å². The first-order chi connectivity index (χ1) is 10.1. The van der Waals surface area contributed by atoms with E-state index in [4.69, 9.17) is 5.73 Å². The first-order valence-electron chi connectivity index (χ1n) is 7.96. The molecule has 1 amide bonds. The van der Waals surface area contributed by atoms with Gasteiger partial charge in [0.2, 0.25) is 5.91 Å². The van der Waals surface area contributed by atoms with Crippen molar-refractivity contribution in [2.45, 2.75) is 51.0 Å². The number of nitrogens with one attached hydrogen (secondary N) is 1. The van der Waals surface area contributed by atoms with Crippen LogP contribution in [0, 0.1) is 5.92 Å². The fraction of sp³-hybridized carbons (Fsp3) is 0.588. The highest BCUT2D eigenvalue weighted by molar-refractivity contribution is 5.81. The largest absolute Gasteiger partial charge is 0.508 e. The van der Waals surface area contributed by atoms with Gasteiger partial charge in [0.25, 0.3) is 0 Å². The molecule has 1 aromatic carbocycles. The molecule has 1 aliphatic rings. The minimum absolute atomic E-state index is 0.0884. The van der Waals surface area contributed by atoms with Gasteiger partial charge in [-0.3, -0.25) is 4.79 Å². The predicted molar refractivity (Wildman–Crippen MR) is 84.0 cm³/mol. The van der Waals surface area contributed by atoms with Crippen LogP contribution in [0.2, 0.25) is 0 Å². The number of nitrogens with two attached hydrogens (primary N) is 1. The molecule has 1 atom stereocenters. The summed E-state index contributed by atoms with van der Waals surface area (Å²) in [6.45, 7) is 0.721. The van der Waals surface area contributed by atoms with Gasteiger partial charge in [-0.1, -0.05) is 37.8 Å². The number of amides is 1. The van der Waals surface area contributed by atoms with Crippen molar-refractivity contribution in [3.8, 4) is 5.75 Å². The van der Waals surface area contributed by atoms with E-state index < -0.39 is 6.04 Å². The summed E-state index contributed by atoms with van der Waals surface area (Å²) in [5.41, 5.74) is 6.88. The van der Waals surface area contributed by atoms with E-state index in [2.05, 4.69) is 5.32 Å². The van der Waals surface area contributed by atoms with E-state index in [1.54, 1.807) is 24.3 Å². The first kappa shape index (κ1) is 15.8. The number of rotatable bonds is 7. The van der Waals surface area contributed by atoms with Gasteiger partial charge in [0, 0.05) is 6.54 Å². The highest BCUT2D eigenvalue weighted by Crippen LogP contribution is 2.28. The second-order valence-electron chi connectivity index (χ2n) is 6.06. The Morgan fingerprint density at radius 1 is 1.29 bits per heavy atom. The van der Waals surface area contributed by atoms with Crippen molar-refractivity contribution in [1.29, 1.82) is 0 Å². The minimum atomic E-state index is -0.527. The zero-order valence-corrected chi connectivity index (χ0v) is 12.6. The number of hydrogen-bond donors (Lipinski definition) is 3. The van der Waals surface area contributed by atoms with Gasteiger partial charge < -0.3 is 16.2 Å². The molecule has 1 fully saturated rings. The maximum atomic E-state index is 11.9. The number of benzene rings is 1. The highest BCUT2D eigenvalue weighted by atomic mass is 16.3. The van der Waals surface area contributed by atoms with Crippen molar-refractivity contribution in [1.82, 2.24) is 5.32 Å². The van der Waals surface area contributed by atoms with E-state index >= 15 is 0 Å². The van der Waals surface area contributed by atoms with Crippen molar-refractivity contribution in [3.05, 3.63) is 29.8 Å². The summed E-state index contributed by atoms with van der Waals surface area (Å²) < 4.78 is 0. The van der Waals surface area contributed by atoms with Crippen molar-refractivity contribution in [2.75, 3.05) is 6.54 Å². The number of carbonyl (C=O) groups is 1. The lowest BCUT2D eigenvalue weighted by Gasteiger charge is -2.13. The Kier molecular flexibility index (Phi) is 6.05. The molecule has 1 aliphatic carbocycles. The number of phenolic OH excluding ortho intramolecular Hbond substituents is 1. The second kappa shape index (κ2) is 8.03. The monoisotopic (exact) mass is 290 g/mol. The first-order valence-corrected chi connectivity index (χ1v) is 7.96. The Morgan fingerprint density at radius 3 is 2.62 bits per heavy atom. The van der Waals surface area contributed by atoms with Crippen molar-refractivity contribution in [3.63, 3.8) is 0 Å². The molecule has 21 heavy (non-hydrogen) atoms. The second-order valence-corrected chi connectivity index (χ2v) is 6.06. The van der Waals surface area contributed by atoms with Crippen molar-refractivity contribution in [2.24, 2.45) is 11.7 Å². The maximum Gasteiger partial charge on any atom is 0.237 e. The molecule has 4 nitrogen and oxygen atoms in total. The lowest BCUT2D eigenvalue weighted by Crippen LogP contribution is -2.42. The van der Waals surface area contributed by atoms with Crippen LogP contribution in [-0.2, 0) is 11.2 Å². The van der Waals surface area contributed by atoms with Crippen molar-refractivity contribution < 1.29 is 9.90 Å². The third kappa shape index (κ3) is 5.38. The van der Waals surface area contributed by atoms with Crippen LogP contribution in [0.5, 0.6) is 5.75 Å². The SMILES string of the molecule is N[C@@H](Cc1ccc(O)cc1)C(=O)NCCCC1CCCC1. The van der Waals surface area contributed by atoms with Gasteiger partial charge in [-0.2, -0.15) is 0 Å². The van der Waals surface area contributed by atoms with E-state index in [0.717, 1.165) is 24.4 Å². The van der Waals surface area contributed by atoms with Gasteiger partial charge in [-0.05, 0) is 42.9 Å². The summed E-state index contributed by atoms with van der Waals surface area (Å²) in [5, 5.41) is 12.1. The molecule has 1 saturated carbocycles. The summed E-state index contributed by atoms with van der Waals surface area (Å²) in [6.07, 6.45) is 8.20. The Balaban J connectivity index is 1.63. The minimum Gasteiger partial charge on any atom is -0.508 e. The van der Waals surface area contributed by atoms with E-state index in [-0.39, 0.29) is 11.7 Å². The number of phenols is 1. The zero-order chi connectivity index (χ0) is 15.1. The molecule has 0 unspecified atom stereocenters. The maximum absolute atomic E-state index is 11.9. The zero-order valence-electron chi connectivity index (χ0n) is 12.6. The van der Waals surface area contributed by atoms with Crippen LogP contribution in [0.1, 0.15) is 44.1 Å². The quantitative estimate of drug-likeness (QED) is 0.675. The third-order valence-corrected chi connectivity index (χ3v) is 4.29. The molecule has 0 heterocycles. The molecule has 1 aromatic rings. The third-order valence-electron chi connectivity index (χ3n) is 4.29. The fourth-order valence-corrected chi connectivity index (χ4v) is 3.01. The number of aromatic hydroxyl groups is 1. The average Bonchev–Trinajstić information content (AvgIpc) is 2.99. The topological polar surface area (TPSA) is 75.3 Å². The van der Waals surface area contributed by atoms with E-state index in [1.165, 1.54) is 32.1 Å². The van der Waals surface area contributed by atoms with E-state index in [1.807, 2.05) is 0 Å². The summed E-state index contributed by atoms with van der Waals surface area (Å²) in [5.74, 6) is 1.01. The molecule has 0 aliphatic heterocycles. The van der Waals surface area contributed by atoms with Crippen LogP contribution in [-0.4, -0.2) is 23.6 Å². The standard InChI is InChI=1S/C17H26N2O2/c18-16(12-14-7-9-15(20)10-8-14)17(21)19-11-3-6-13-4-1-2-5-13/h7-10,13,16,20H,1-6,11-12,18H2,(H,19,21)/t16-/m0/s1. The highest BCUT2D eigenvalue weighted by Gasteiger charge is 2.16. The lowest BCUT2D eigenvalue weighted by molar-refractivity contribution is -0.122. The summed E-state index contributed by atoms with van der Waals surface area (Å²) >= 11 is 0. The van der Waals surface area contributed by atoms with Gasteiger partial charge in [0.05, 0.1) is 6.04 Å². The van der Waals surface area contributed by atoms with E-state index in [0.29, 0.717) is 6.42 Å². The normalized spacial score (nSPS) is 16.8. The van der Waals surface area contributed by atoms with Gasteiger partial charge in [0.15, 0.2) is 0 Å². The molecular weight excluding hydrogens is 264 g/mol. The van der Waals surface area contributed by atoms with Crippen LogP contribution >= 0.6 is 0 Å². The Morgan fingerprint density at radius 2 is 1.95 bits per heavy atom. The van der Waals surface area contributed by atoms with Crippen LogP contribution in [0.15, 0.2) is 24.3 Å². The van der Waals surface area contributed by atoms with Crippen LogP contribution in [0.3, 0.4) is 0 Å². The molecule has 0 radical (unpaired) electrons. The van der Waals surface area contributed by atoms with Gasteiger partial charge in [-0.25, -0.2) is 0 Å².